The van der Waals surface area contributed by atoms with Crippen molar-refractivity contribution in [3.8, 4) is 0 Å². The van der Waals surface area contributed by atoms with Gasteiger partial charge in [0, 0.05) is 12.3 Å². The molecule has 0 saturated carbocycles. The highest BCUT2D eigenvalue weighted by Gasteiger charge is 2.18. The molecular weight excluding hydrogens is 258 g/mol. The number of aromatic nitrogens is 2. The quantitative estimate of drug-likeness (QED) is 0.508. The van der Waals surface area contributed by atoms with Crippen LogP contribution in [0.2, 0.25) is 0 Å². The molecule has 9 heteroatoms. The predicted molar refractivity (Wildman–Crippen MR) is 62.6 cm³/mol. The zero-order valence-electron chi connectivity index (χ0n) is 9.20. The van der Waals surface area contributed by atoms with Crippen molar-refractivity contribution in [2.75, 3.05) is 5.43 Å². The van der Waals surface area contributed by atoms with Crippen LogP contribution >= 0.6 is 0 Å². The summed E-state index contributed by atoms with van der Waals surface area (Å²) in [5, 5.41) is 3.60. The zero-order chi connectivity index (χ0) is 13.0. The van der Waals surface area contributed by atoms with E-state index in [-0.39, 0.29) is 17.3 Å². The Hall–Kier alpha value is -1.97. The molecule has 0 spiro atoms. The van der Waals surface area contributed by atoms with Gasteiger partial charge in [0.25, 0.3) is 0 Å². The van der Waals surface area contributed by atoms with Gasteiger partial charge in [0.05, 0.1) is 12.2 Å². The van der Waals surface area contributed by atoms with Gasteiger partial charge in [-0.15, -0.1) is 0 Å². The number of nitrogens with one attached hydrogen (secondary N) is 2. The first-order chi connectivity index (χ1) is 8.63. The summed E-state index contributed by atoms with van der Waals surface area (Å²) in [5.74, 6) is 5.28. The van der Waals surface area contributed by atoms with Crippen molar-refractivity contribution in [3.63, 3.8) is 0 Å². The smallest absolute Gasteiger partial charge is 0.244 e. The van der Waals surface area contributed by atoms with Crippen molar-refractivity contribution < 1.29 is 12.9 Å². The largest absolute Gasteiger partial charge is 0.364 e. The number of nitrogens with two attached hydrogens (primary N) is 1. The SMILES string of the molecule is NNc1ncccc1S(=O)(=O)NCc1ccon1. The van der Waals surface area contributed by atoms with Gasteiger partial charge in [0.1, 0.15) is 11.2 Å². The lowest BCUT2D eigenvalue weighted by atomic mass is 10.4. The summed E-state index contributed by atoms with van der Waals surface area (Å²) < 4.78 is 31.0. The van der Waals surface area contributed by atoms with Gasteiger partial charge in [-0.25, -0.2) is 24.0 Å². The van der Waals surface area contributed by atoms with Crippen molar-refractivity contribution in [2.45, 2.75) is 11.4 Å². The Bertz CT molecular complexity index is 611. The van der Waals surface area contributed by atoms with Crippen LogP contribution < -0.4 is 16.0 Å². The van der Waals surface area contributed by atoms with Crippen molar-refractivity contribution in [1.29, 1.82) is 0 Å². The van der Waals surface area contributed by atoms with Crippen LogP contribution in [0.1, 0.15) is 5.69 Å². The molecule has 0 saturated heterocycles. The molecule has 0 aliphatic carbocycles. The second-order valence-corrected chi connectivity index (χ2v) is 5.05. The highest BCUT2D eigenvalue weighted by Crippen LogP contribution is 2.16. The molecule has 2 aromatic rings. The molecule has 0 amide bonds. The number of nitrogen functional groups attached to an aromatic ring is 1. The first kappa shape index (κ1) is 12.5. The maximum atomic E-state index is 12.0. The lowest BCUT2D eigenvalue weighted by Crippen LogP contribution is -2.25. The summed E-state index contributed by atoms with van der Waals surface area (Å²) in [6.07, 6.45) is 2.80. The molecule has 4 N–H and O–H groups in total. The van der Waals surface area contributed by atoms with Gasteiger partial charge >= 0.3 is 0 Å². The Morgan fingerprint density at radius 2 is 2.22 bits per heavy atom. The lowest BCUT2D eigenvalue weighted by Gasteiger charge is -2.08. The zero-order valence-corrected chi connectivity index (χ0v) is 10.0. The van der Waals surface area contributed by atoms with Crippen LogP contribution in [-0.2, 0) is 16.6 Å². The second kappa shape index (κ2) is 5.12. The Labute approximate surface area is 103 Å². The summed E-state index contributed by atoms with van der Waals surface area (Å²) in [6, 6.07) is 4.46. The maximum Gasteiger partial charge on any atom is 0.244 e. The van der Waals surface area contributed by atoms with E-state index in [4.69, 9.17) is 5.84 Å². The summed E-state index contributed by atoms with van der Waals surface area (Å²) in [6.45, 7) is 0.0255. The molecule has 0 aliphatic rings. The van der Waals surface area contributed by atoms with Crippen molar-refractivity contribution in [2.24, 2.45) is 5.84 Å². The fourth-order valence-electron chi connectivity index (χ4n) is 1.29. The average molecular weight is 269 g/mol. The number of anilines is 1. The van der Waals surface area contributed by atoms with E-state index in [1.165, 1.54) is 24.6 Å². The minimum atomic E-state index is -3.72. The number of hydrazine groups is 1. The van der Waals surface area contributed by atoms with E-state index in [9.17, 15) is 8.42 Å². The minimum Gasteiger partial charge on any atom is -0.364 e. The van der Waals surface area contributed by atoms with Crippen molar-refractivity contribution in [3.05, 3.63) is 36.4 Å². The molecule has 2 aromatic heterocycles. The third-order valence-electron chi connectivity index (χ3n) is 2.13. The highest BCUT2D eigenvalue weighted by molar-refractivity contribution is 7.89. The predicted octanol–water partition coefficient (Wildman–Crippen LogP) is -0.166. The molecular formula is C9H11N5O3S. The van der Waals surface area contributed by atoms with Crippen LogP contribution in [-0.4, -0.2) is 18.6 Å². The molecule has 0 unspecified atom stereocenters. The summed E-state index contributed by atoms with van der Waals surface area (Å²) >= 11 is 0. The van der Waals surface area contributed by atoms with E-state index in [0.717, 1.165) is 0 Å². The second-order valence-electron chi connectivity index (χ2n) is 3.31. The van der Waals surface area contributed by atoms with Crippen LogP contribution in [0.4, 0.5) is 5.82 Å². The molecule has 2 heterocycles. The van der Waals surface area contributed by atoms with E-state index < -0.39 is 10.0 Å². The van der Waals surface area contributed by atoms with Gasteiger partial charge in [0.2, 0.25) is 10.0 Å². The van der Waals surface area contributed by atoms with E-state index >= 15 is 0 Å². The van der Waals surface area contributed by atoms with Crippen LogP contribution in [0.5, 0.6) is 0 Å². The van der Waals surface area contributed by atoms with Crippen LogP contribution in [0, 0.1) is 0 Å². The van der Waals surface area contributed by atoms with Crippen LogP contribution in [0.3, 0.4) is 0 Å². The van der Waals surface area contributed by atoms with Gasteiger partial charge in [-0.05, 0) is 12.1 Å². The van der Waals surface area contributed by atoms with Crippen molar-refractivity contribution >= 4 is 15.8 Å². The molecule has 0 bridgehead atoms. The van der Waals surface area contributed by atoms with Crippen molar-refractivity contribution in [1.82, 2.24) is 14.9 Å². The number of pyridine rings is 1. The van der Waals surface area contributed by atoms with E-state index in [2.05, 4.69) is 24.8 Å². The number of hydrogen-bond acceptors (Lipinski definition) is 7. The van der Waals surface area contributed by atoms with Gasteiger partial charge in [0.15, 0.2) is 5.82 Å². The minimum absolute atomic E-state index is 0.0255. The standard InChI is InChI=1S/C9H11N5O3S/c10-13-9-8(2-1-4-11-9)18(15,16)12-6-7-3-5-17-14-7/h1-5,12H,6,10H2,(H,11,13). The van der Waals surface area contributed by atoms with E-state index in [0.29, 0.717) is 5.69 Å². The molecule has 0 radical (unpaired) electrons. The Morgan fingerprint density at radius 1 is 1.39 bits per heavy atom. The fraction of sp³-hybridized carbons (Fsp3) is 0.111. The first-order valence-corrected chi connectivity index (χ1v) is 6.42. The number of sulfonamides is 1. The fourth-order valence-corrected chi connectivity index (χ4v) is 2.41. The monoisotopic (exact) mass is 269 g/mol. The Balaban J connectivity index is 2.20. The molecule has 96 valence electrons. The topological polar surface area (TPSA) is 123 Å². The summed E-state index contributed by atoms with van der Waals surface area (Å²) in [7, 11) is -3.72. The molecule has 0 aliphatic heterocycles. The third kappa shape index (κ3) is 2.64. The number of nitrogens with zero attached hydrogens (tertiary/aromatic N) is 2. The molecule has 2 rings (SSSR count). The first-order valence-electron chi connectivity index (χ1n) is 4.94. The molecule has 0 aromatic carbocycles. The normalized spacial score (nSPS) is 11.4. The van der Waals surface area contributed by atoms with E-state index in [1.807, 2.05) is 0 Å². The van der Waals surface area contributed by atoms with Gasteiger partial charge < -0.3 is 9.95 Å². The van der Waals surface area contributed by atoms with E-state index in [1.54, 1.807) is 6.07 Å². The van der Waals surface area contributed by atoms with Gasteiger partial charge in [-0.3, -0.25) is 0 Å². The third-order valence-corrected chi connectivity index (χ3v) is 3.56. The average Bonchev–Trinajstić information content (AvgIpc) is 2.89. The summed E-state index contributed by atoms with van der Waals surface area (Å²) in [5.41, 5.74) is 2.71. The molecule has 0 atom stereocenters. The van der Waals surface area contributed by atoms with Gasteiger partial charge in [-0.2, -0.15) is 0 Å². The number of rotatable bonds is 5. The van der Waals surface area contributed by atoms with Crippen LogP contribution in [0.15, 0.2) is 40.1 Å². The molecule has 0 fully saturated rings. The Morgan fingerprint density at radius 3 is 2.89 bits per heavy atom. The lowest BCUT2D eigenvalue weighted by molar-refractivity contribution is 0.411. The van der Waals surface area contributed by atoms with Gasteiger partial charge in [-0.1, -0.05) is 5.16 Å². The number of hydrogen-bond donors (Lipinski definition) is 3. The highest BCUT2D eigenvalue weighted by atomic mass is 32.2. The Kier molecular flexibility index (Phi) is 3.55. The molecule has 18 heavy (non-hydrogen) atoms. The summed E-state index contributed by atoms with van der Waals surface area (Å²) in [4.78, 5) is 3.79. The maximum absolute atomic E-state index is 12.0. The van der Waals surface area contributed by atoms with Crippen LogP contribution in [0.25, 0.3) is 0 Å². The molecule has 8 nitrogen and oxygen atoms in total.